The Morgan fingerprint density at radius 2 is 1.82 bits per heavy atom. The summed E-state index contributed by atoms with van der Waals surface area (Å²) in [4.78, 5) is 38.5. The predicted molar refractivity (Wildman–Crippen MR) is 114 cm³/mol. The third-order valence-corrected chi connectivity index (χ3v) is 5.10. The van der Waals surface area contributed by atoms with E-state index in [1.54, 1.807) is 24.3 Å². The summed E-state index contributed by atoms with van der Waals surface area (Å²) in [5.41, 5.74) is -1.34. The van der Waals surface area contributed by atoms with E-state index in [2.05, 4.69) is 15.5 Å². The topological polar surface area (TPSA) is 92.7 Å². The Balaban J connectivity index is 1.50. The lowest BCUT2D eigenvalue weighted by atomic mass is 10.2. The van der Waals surface area contributed by atoms with Crippen molar-refractivity contribution in [3.05, 3.63) is 64.1 Å². The van der Waals surface area contributed by atoms with Gasteiger partial charge in [-0.15, -0.1) is 0 Å². The third-order valence-electron chi connectivity index (χ3n) is 5.10. The summed E-state index contributed by atoms with van der Waals surface area (Å²) in [6, 6.07) is 8.63. The molecular weight excluding hydrogens is 441 g/mol. The number of aromatic nitrogens is 1. The number of nitrogens with zero attached hydrogens (tertiary/aromatic N) is 2. The van der Waals surface area contributed by atoms with Crippen molar-refractivity contribution in [3.8, 4) is 0 Å². The highest BCUT2D eigenvalue weighted by molar-refractivity contribution is 5.90. The van der Waals surface area contributed by atoms with E-state index in [0.717, 1.165) is 25.4 Å². The molecular formula is C22H25F3N4O4. The molecule has 0 bridgehead atoms. The molecule has 0 unspecified atom stereocenters. The van der Waals surface area contributed by atoms with Gasteiger partial charge in [-0.3, -0.25) is 19.3 Å². The molecule has 33 heavy (non-hydrogen) atoms. The van der Waals surface area contributed by atoms with Crippen LogP contribution < -0.4 is 16.2 Å². The van der Waals surface area contributed by atoms with Crippen molar-refractivity contribution < 1.29 is 27.5 Å². The maximum atomic E-state index is 12.9. The van der Waals surface area contributed by atoms with Crippen molar-refractivity contribution in [2.24, 2.45) is 0 Å². The Kier molecular flexibility index (Phi) is 8.23. The number of amides is 2. The second-order valence-corrected chi connectivity index (χ2v) is 7.58. The molecule has 8 nitrogen and oxygen atoms in total. The minimum absolute atomic E-state index is 0.0873. The molecule has 3 rings (SSSR count). The number of hydrogen-bond donors (Lipinski definition) is 2. The minimum Gasteiger partial charge on any atom is -0.379 e. The van der Waals surface area contributed by atoms with Crippen LogP contribution in [0, 0.1) is 0 Å². The van der Waals surface area contributed by atoms with E-state index in [1.165, 1.54) is 0 Å². The highest BCUT2D eigenvalue weighted by Crippen LogP contribution is 2.25. The van der Waals surface area contributed by atoms with Crippen molar-refractivity contribution in [1.29, 1.82) is 0 Å². The molecule has 11 heteroatoms. The van der Waals surface area contributed by atoms with Gasteiger partial charge in [0.05, 0.1) is 13.2 Å². The van der Waals surface area contributed by atoms with Crippen molar-refractivity contribution in [3.63, 3.8) is 0 Å². The first-order valence-electron chi connectivity index (χ1n) is 10.4. The number of pyridine rings is 1. The van der Waals surface area contributed by atoms with Crippen LogP contribution in [-0.2, 0) is 33.6 Å². The van der Waals surface area contributed by atoms with Crippen LogP contribution in [-0.4, -0.2) is 54.1 Å². The van der Waals surface area contributed by atoms with Gasteiger partial charge in [0.25, 0.3) is 5.56 Å². The number of carbonyl (C=O) groups excluding carboxylic acids is 2. The zero-order valence-electron chi connectivity index (χ0n) is 17.9. The summed E-state index contributed by atoms with van der Waals surface area (Å²) in [6.45, 7) is 3.12. The monoisotopic (exact) mass is 466 g/mol. The van der Waals surface area contributed by atoms with Crippen LogP contribution in [0.4, 0.5) is 18.9 Å². The molecule has 2 N–H and O–H groups in total. The molecule has 0 saturated carbocycles. The summed E-state index contributed by atoms with van der Waals surface area (Å²) < 4.78 is 44.6. The maximum Gasteiger partial charge on any atom is 0.421 e. The van der Waals surface area contributed by atoms with Gasteiger partial charge in [0, 0.05) is 44.5 Å². The zero-order valence-corrected chi connectivity index (χ0v) is 17.9. The van der Waals surface area contributed by atoms with E-state index in [-0.39, 0.29) is 12.5 Å². The molecule has 2 amide bonds. The SMILES string of the molecule is O=C(Cn1cccc(C(F)(F)F)c1=O)NCc1cccc(NC(=O)CCN2CCOCC2)c1. The number of halogens is 3. The molecule has 0 atom stereocenters. The second kappa shape index (κ2) is 11.1. The number of anilines is 1. The standard InChI is InChI=1S/C22H25F3N4O4/c23-22(24,25)18-5-2-7-29(21(18)32)15-20(31)26-14-16-3-1-4-17(13-16)27-19(30)6-8-28-9-11-33-12-10-28/h1-5,7,13H,6,8-12,14-15H2,(H,26,31)(H,27,30). The van der Waals surface area contributed by atoms with Crippen LogP contribution in [0.5, 0.6) is 0 Å². The molecule has 0 spiro atoms. The summed E-state index contributed by atoms with van der Waals surface area (Å²) in [6.07, 6.45) is -3.32. The fourth-order valence-corrected chi connectivity index (χ4v) is 3.36. The van der Waals surface area contributed by atoms with Crippen molar-refractivity contribution in [2.45, 2.75) is 25.7 Å². The van der Waals surface area contributed by atoms with Crippen molar-refractivity contribution in [2.75, 3.05) is 38.2 Å². The van der Waals surface area contributed by atoms with Crippen LogP contribution in [0.25, 0.3) is 0 Å². The van der Waals surface area contributed by atoms with Crippen molar-refractivity contribution >= 4 is 17.5 Å². The van der Waals surface area contributed by atoms with Gasteiger partial charge in [-0.05, 0) is 29.8 Å². The second-order valence-electron chi connectivity index (χ2n) is 7.58. The van der Waals surface area contributed by atoms with E-state index in [0.29, 0.717) is 48.1 Å². The molecule has 1 fully saturated rings. The molecule has 1 aromatic carbocycles. The van der Waals surface area contributed by atoms with Crippen LogP contribution >= 0.6 is 0 Å². The van der Waals surface area contributed by atoms with Gasteiger partial charge >= 0.3 is 6.18 Å². The quantitative estimate of drug-likeness (QED) is 0.620. The summed E-state index contributed by atoms with van der Waals surface area (Å²) in [5.74, 6) is -0.747. The third kappa shape index (κ3) is 7.43. The molecule has 1 saturated heterocycles. The lowest BCUT2D eigenvalue weighted by Gasteiger charge is -2.26. The molecule has 2 aromatic rings. The highest BCUT2D eigenvalue weighted by Gasteiger charge is 2.34. The average Bonchev–Trinajstić information content (AvgIpc) is 2.78. The number of benzene rings is 1. The lowest BCUT2D eigenvalue weighted by Crippen LogP contribution is -2.38. The summed E-state index contributed by atoms with van der Waals surface area (Å²) in [7, 11) is 0. The zero-order chi connectivity index (χ0) is 23.8. The van der Waals surface area contributed by atoms with Gasteiger partial charge in [0.2, 0.25) is 11.8 Å². The normalized spacial score (nSPS) is 14.6. The highest BCUT2D eigenvalue weighted by atomic mass is 19.4. The first kappa shape index (κ1) is 24.5. The molecule has 0 aliphatic carbocycles. The van der Waals surface area contributed by atoms with E-state index in [9.17, 15) is 27.6 Å². The van der Waals surface area contributed by atoms with Crippen LogP contribution in [0.15, 0.2) is 47.4 Å². The fourth-order valence-electron chi connectivity index (χ4n) is 3.36. The van der Waals surface area contributed by atoms with E-state index in [4.69, 9.17) is 4.74 Å². The van der Waals surface area contributed by atoms with Gasteiger partial charge in [-0.25, -0.2) is 0 Å². The average molecular weight is 466 g/mol. The van der Waals surface area contributed by atoms with Crippen molar-refractivity contribution in [1.82, 2.24) is 14.8 Å². The number of rotatable bonds is 8. The van der Waals surface area contributed by atoms with Gasteiger partial charge in [0.15, 0.2) is 0 Å². The maximum absolute atomic E-state index is 12.9. The van der Waals surface area contributed by atoms with Gasteiger partial charge in [0.1, 0.15) is 12.1 Å². The van der Waals surface area contributed by atoms with Crippen LogP contribution in [0.3, 0.4) is 0 Å². The first-order chi connectivity index (χ1) is 15.7. The van der Waals surface area contributed by atoms with Gasteiger partial charge in [-0.2, -0.15) is 13.2 Å². The minimum atomic E-state index is -4.79. The molecule has 1 aromatic heterocycles. The summed E-state index contributed by atoms with van der Waals surface area (Å²) in [5, 5.41) is 5.39. The Morgan fingerprint density at radius 1 is 1.06 bits per heavy atom. The number of alkyl halides is 3. The number of ether oxygens (including phenoxy) is 1. The molecule has 0 radical (unpaired) electrons. The Morgan fingerprint density at radius 3 is 2.55 bits per heavy atom. The van der Waals surface area contributed by atoms with Crippen LogP contribution in [0.1, 0.15) is 17.5 Å². The Labute approximate surface area is 188 Å². The largest absolute Gasteiger partial charge is 0.421 e. The number of nitrogens with one attached hydrogen (secondary N) is 2. The summed E-state index contributed by atoms with van der Waals surface area (Å²) >= 11 is 0. The smallest absolute Gasteiger partial charge is 0.379 e. The predicted octanol–water partition coefficient (Wildman–Crippen LogP) is 1.84. The van der Waals surface area contributed by atoms with E-state index < -0.39 is 29.8 Å². The molecule has 1 aliphatic heterocycles. The molecule has 2 heterocycles. The van der Waals surface area contributed by atoms with Crippen LogP contribution in [0.2, 0.25) is 0 Å². The van der Waals surface area contributed by atoms with E-state index >= 15 is 0 Å². The van der Waals surface area contributed by atoms with Gasteiger partial charge < -0.3 is 19.9 Å². The first-order valence-corrected chi connectivity index (χ1v) is 10.4. The van der Waals surface area contributed by atoms with Gasteiger partial charge in [-0.1, -0.05) is 12.1 Å². The number of hydrogen-bond acceptors (Lipinski definition) is 5. The number of carbonyl (C=O) groups is 2. The fraction of sp³-hybridized carbons (Fsp3) is 0.409. The molecule has 1 aliphatic rings. The van der Waals surface area contributed by atoms with E-state index in [1.807, 2.05) is 0 Å². The Bertz CT molecular complexity index is 1030. The number of morpholine rings is 1. The Hall–Kier alpha value is -3.18. The lowest BCUT2D eigenvalue weighted by molar-refractivity contribution is -0.139. The molecule has 178 valence electrons.